The van der Waals surface area contributed by atoms with E-state index in [0.717, 1.165) is 26.1 Å². The summed E-state index contributed by atoms with van der Waals surface area (Å²) >= 11 is 0. The van der Waals surface area contributed by atoms with Gasteiger partial charge in [0.2, 0.25) is 5.88 Å². The molecule has 134 valence electrons. The number of rotatable bonds is 6. The first-order valence-corrected chi connectivity index (χ1v) is 8.40. The van der Waals surface area contributed by atoms with Crippen LogP contribution in [0.1, 0.15) is 30.3 Å². The molecule has 1 aliphatic heterocycles. The van der Waals surface area contributed by atoms with Crippen molar-refractivity contribution in [1.29, 1.82) is 0 Å². The maximum Gasteiger partial charge on any atom is 0.357 e. The van der Waals surface area contributed by atoms with Gasteiger partial charge in [0.15, 0.2) is 11.5 Å². The molecule has 1 saturated heterocycles. The van der Waals surface area contributed by atoms with Crippen molar-refractivity contribution < 1.29 is 19.0 Å². The van der Waals surface area contributed by atoms with Crippen LogP contribution < -0.4 is 4.74 Å². The number of esters is 1. The standard InChI is InChI=1S/C17H22N4O4/c1-3-24-17(22)13-8-15(25-10-12-4-6-23-7-5-12)20-16(19-13)14-9-18-11-21(14)2/h8-9,11-12H,3-7,10H2,1-2H3. The zero-order valence-corrected chi connectivity index (χ0v) is 14.5. The van der Waals surface area contributed by atoms with Crippen molar-refractivity contribution in [2.24, 2.45) is 13.0 Å². The summed E-state index contributed by atoms with van der Waals surface area (Å²) in [4.78, 5) is 24.9. The Morgan fingerprint density at radius 3 is 2.84 bits per heavy atom. The Bertz CT molecular complexity index is 725. The lowest BCUT2D eigenvalue weighted by atomic mass is 10.0. The Kier molecular flexibility index (Phi) is 5.60. The summed E-state index contributed by atoms with van der Waals surface area (Å²) in [5, 5.41) is 0. The van der Waals surface area contributed by atoms with Crippen molar-refractivity contribution >= 4 is 5.97 Å². The number of imidazole rings is 1. The van der Waals surface area contributed by atoms with Crippen LogP contribution in [-0.2, 0) is 16.5 Å². The second-order valence-corrected chi connectivity index (χ2v) is 5.89. The number of ether oxygens (including phenoxy) is 3. The van der Waals surface area contributed by atoms with Crippen LogP contribution in [0.25, 0.3) is 11.5 Å². The van der Waals surface area contributed by atoms with Gasteiger partial charge in [-0.25, -0.2) is 14.8 Å². The predicted octanol–water partition coefficient (Wildman–Crippen LogP) is 1.86. The van der Waals surface area contributed by atoms with Gasteiger partial charge in [0.25, 0.3) is 0 Å². The van der Waals surface area contributed by atoms with Gasteiger partial charge >= 0.3 is 5.97 Å². The Morgan fingerprint density at radius 2 is 2.16 bits per heavy atom. The highest BCUT2D eigenvalue weighted by Gasteiger charge is 2.18. The van der Waals surface area contributed by atoms with Crippen LogP contribution in [0.2, 0.25) is 0 Å². The minimum atomic E-state index is -0.496. The Morgan fingerprint density at radius 1 is 1.36 bits per heavy atom. The van der Waals surface area contributed by atoms with E-state index in [1.807, 2.05) is 7.05 Å². The van der Waals surface area contributed by atoms with E-state index >= 15 is 0 Å². The van der Waals surface area contributed by atoms with Gasteiger partial charge in [0.05, 0.1) is 25.7 Å². The highest BCUT2D eigenvalue weighted by Crippen LogP contribution is 2.21. The molecule has 25 heavy (non-hydrogen) atoms. The minimum Gasteiger partial charge on any atom is -0.477 e. The SMILES string of the molecule is CCOC(=O)c1cc(OCC2CCOCC2)nc(-c2cncn2C)n1. The highest BCUT2D eigenvalue weighted by atomic mass is 16.5. The number of carbonyl (C=O) groups excluding carboxylic acids is 1. The molecule has 0 aromatic carbocycles. The second kappa shape index (κ2) is 8.06. The van der Waals surface area contributed by atoms with E-state index in [2.05, 4.69) is 15.0 Å². The van der Waals surface area contributed by atoms with E-state index in [1.165, 1.54) is 6.07 Å². The molecular weight excluding hydrogens is 324 g/mol. The molecule has 0 unspecified atom stereocenters. The molecule has 3 heterocycles. The van der Waals surface area contributed by atoms with E-state index in [0.29, 0.717) is 29.9 Å². The molecule has 0 atom stereocenters. The predicted molar refractivity (Wildman–Crippen MR) is 89.2 cm³/mol. The van der Waals surface area contributed by atoms with E-state index in [4.69, 9.17) is 14.2 Å². The molecule has 0 N–H and O–H groups in total. The lowest BCUT2D eigenvalue weighted by Gasteiger charge is -2.21. The van der Waals surface area contributed by atoms with Crippen molar-refractivity contribution in [3.63, 3.8) is 0 Å². The van der Waals surface area contributed by atoms with Crippen LogP contribution >= 0.6 is 0 Å². The molecule has 0 aliphatic carbocycles. The van der Waals surface area contributed by atoms with E-state index in [-0.39, 0.29) is 12.3 Å². The van der Waals surface area contributed by atoms with Crippen molar-refractivity contribution in [3.05, 3.63) is 24.3 Å². The fraction of sp³-hybridized carbons (Fsp3) is 0.529. The number of hydrogen-bond donors (Lipinski definition) is 0. The monoisotopic (exact) mass is 346 g/mol. The molecule has 2 aromatic heterocycles. The Labute approximate surface area is 146 Å². The van der Waals surface area contributed by atoms with Crippen molar-refractivity contribution in [2.75, 3.05) is 26.4 Å². The molecule has 0 radical (unpaired) electrons. The minimum absolute atomic E-state index is 0.176. The molecule has 1 aliphatic rings. The zero-order valence-electron chi connectivity index (χ0n) is 14.5. The number of aromatic nitrogens is 4. The largest absolute Gasteiger partial charge is 0.477 e. The Balaban J connectivity index is 1.84. The maximum atomic E-state index is 12.1. The third-order valence-corrected chi connectivity index (χ3v) is 4.04. The highest BCUT2D eigenvalue weighted by molar-refractivity contribution is 5.88. The summed E-state index contributed by atoms with van der Waals surface area (Å²) in [6, 6.07) is 1.52. The fourth-order valence-electron chi connectivity index (χ4n) is 2.61. The topological polar surface area (TPSA) is 88.4 Å². The summed E-state index contributed by atoms with van der Waals surface area (Å²) in [5.41, 5.74) is 0.872. The van der Waals surface area contributed by atoms with Gasteiger partial charge in [-0.3, -0.25) is 0 Å². The third-order valence-electron chi connectivity index (χ3n) is 4.04. The average Bonchev–Trinajstić information content (AvgIpc) is 3.07. The van der Waals surface area contributed by atoms with Crippen LogP contribution in [-0.4, -0.2) is 51.9 Å². The number of hydrogen-bond acceptors (Lipinski definition) is 7. The first-order valence-electron chi connectivity index (χ1n) is 8.40. The van der Waals surface area contributed by atoms with Crippen LogP contribution in [0.5, 0.6) is 5.88 Å². The van der Waals surface area contributed by atoms with Gasteiger partial charge in [-0.2, -0.15) is 4.98 Å². The van der Waals surface area contributed by atoms with Crippen LogP contribution in [0.4, 0.5) is 0 Å². The van der Waals surface area contributed by atoms with Gasteiger partial charge < -0.3 is 18.8 Å². The molecule has 0 saturated carbocycles. The van der Waals surface area contributed by atoms with Crippen molar-refractivity contribution in [3.8, 4) is 17.4 Å². The molecule has 8 heteroatoms. The zero-order chi connectivity index (χ0) is 17.6. The Hall–Kier alpha value is -2.48. The molecule has 3 rings (SSSR count). The summed E-state index contributed by atoms with van der Waals surface area (Å²) < 4.78 is 18.0. The average molecular weight is 346 g/mol. The van der Waals surface area contributed by atoms with Gasteiger partial charge in [-0.15, -0.1) is 0 Å². The quantitative estimate of drug-likeness (QED) is 0.738. The molecule has 2 aromatic rings. The summed E-state index contributed by atoms with van der Waals surface area (Å²) in [7, 11) is 1.84. The van der Waals surface area contributed by atoms with Gasteiger partial charge in [-0.05, 0) is 25.7 Å². The normalized spacial score (nSPS) is 15.1. The summed E-state index contributed by atoms with van der Waals surface area (Å²) in [6.07, 6.45) is 5.22. The number of carbonyl (C=O) groups is 1. The van der Waals surface area contributed by atoms with Crippen LogP contribution in [0.15, 0.2) is 18.6 Å². The molecular formula is C17H22N4O4. The van der Waals surface area contributed by atoms with Gasteiger partial charge in [0.1, 0.15) is 5.69 Å². The number of aryl methyl sites for hydroxylation is 1. The van der Waals surface area contributed by atoms with E-state index in [9.17, 15) is 4.79 Å². The lowest BCUT2D eigenvalue weighted by Crippen LogP contribution is -2.22. The lowest BCUT2D eigenvalue weighted by molar-refractivity contribution is 0.0486. The smallest absolute Gasteiger partial charge is 0.357 e. The number of nitrogens with zero attached hydrogens (tertiary/aromatic N) is 4. The first kappa shape index (κ1) is 17.3. The van der Waals surface area contributed by atoms with Gasteiger partial charge in [-0.1, -0.05) is 0 Å². The van der Waals surface area contributed by atoms with Gasteiger partial charge in [0, 0.05) is 26.3 Å². The molecule has 0 spiro atoms. The molecule has 0 bridgehead atoms. The van der Waals surface area contributed by atoms with E-state index in [1.54, 1.807) is 24.0 Å². The van der Waals surface area contributed by atoms with Crippen molar-refractivity contribution in [2.45, 2.75) is 19.8 Å². The maximum absolute atomic E-state index is 12.1. The van der Waals surface area contributed by atoms with Crippen LogP contribution in [0, 0.1) is 5.92 Å². The van der Waals surface area contributed by atoms with Crippen LogP contribution in [0.3, 0.4) is 0 Å². The van der Waals surface area contributed by atoms with Crippen molar-refractivity contribution in [1.82, 2.24) is 19.5 Å². The summed E-state index contributed by atoms with van der Waals surface area (Å²) in [5.74, 6) is 0.674. The first-order chi connectivity index (χ1) is 12.2. The molecule has 0 amide bonds. The second-order valence-electron chi connectivity index (χ2n) is 5.89. The molecule has 1 fully saturated rings. The summed E-state index contributed by atoms with van der Waals surface area (Å²) in [6.45, 7) is 4.08. The molecule has 8 nitrogen and oxygen atoms in total. The fourth-order valence-corrected chi connectivity index (χ4v) is 2.61. The third kappa shape index (κ3) is 4.33. The van der Waals surface area contributed by atoms with E-state index < -0.39 is 5.97 Å².